The predicted octanol–water partition coefficient (Wildman–Crippen LogP) is 3.18. The number of furan rings is 1. The minimum absolute atomic E-state index is 0.401. The number of carbonyl (C=O) groups is 1. The van der Waals surface area contributed by atoms with Crippen molar-refractivity contribution in [1.82, 2.24) is 0 Å². The molecule has 0 radical (unpaired) electrons. The number of halogens is 1. The normalized spacial score (nSPS) is 10.6. The fraction of sp³-hybridized carbons (Fsp3) is 0.182. The molecule has 0 fully saturated rings. The van der Waals surface area contributed by atoms with E-state index in [0.29, 0.717) is 27.3 Å². The van der Waals surface area contributed by atoms with Crippen molar-refractivity contribution >= 4 is 28.5 Å². The largest absolute Gasteiger partial charge is 0.465 e. The molecule has 0 aliphatic rings. The molecule has 1 aromatic heterocycles. The van der Waals surface area contributed by atoms with Gasteiger partial charge in [-0.1, -0.05) is 17.7 Å². The van der Waals surface area contributed by atoms with E-state index in [1.165, 1.54) is 7.11 Å². The van der Waals surface area contributed by atoms with Crippen LogP contribution in [-0.2, 0) is 4.74 Å². The second-order valence-corrected chi connectivity index (χ2v) is 3.55. The zero-order valence-corrected chi connectivity index (χ0v) is 9.09. The van der Waals surface area contributed by atoms with Crippen LogP contribution in [0.25, 0.3) is 11.0 Å². The summed E-state index contributed by atoms with van der Waals surface area (Å²) in [5, 5.41) is 1.10. The lowest BCUT2D eigenvalue weighted by atomic mass is 10.1. The van der Waals surface area contributed by atoms with Crippen molar-refractivity contribution in [3.63, 3.8) is 0 Å². The number of hydrogen-bond donors (Lipinski definition) is 0. The number of fused-ring (bicyclic) bond motifs is 1. The van der Waals surface area contributed by atoms with E-state index in [4.69, 9.17) is 16.0 Å². The van der Waals surface area contributed by atoms with Gasteiger partial charge in [0, 0.05) is 0 Å². The Morgan fingerprint density at radius 1 is 1.47 bits per heavy atom. The van der Waals surface area contributed by atoms with Gasteiger partial charge in [-0.25, -0.2) is 4.79 Å². The van der Waals surface area contributed by atoms with E-state index >= 15 is 0 Å². The fourth-order valence-electron chi connectivity index (χ4n) is 1.57. The summed E-state index contributed by atoms with van der Waals surface area (Å²) in [6.45, 7) is 1.71. The summed E-state index contributed by atoms with van der Waals surface area (Å²) in [7, 11) is 1.33. The molecule has 78 valence electrons. The minimum Gasteiger partial charge on any atom is -0.465 e. The molecule has 3 nitrogen and oxygen atoms in total. The molecule has 0 aliphatic carbocycles. The highest BCUT2D eigenvalue weighted by atomic mass is 35.5. The molecule has 0 saturated heterocycles. The number of rotatable bonds is 1. The Hall–Kier alpha value is -1.48. The van der Waals surface area contributed by atoms with Gasteiger partial charge < -0.3 is 9.15 Å². The minimum atomic E-state index is -0.431. The Morgan fingerprint density at radius 3 is 2.87 bits per heavy atom. The predicted molar refractivity (Wildman–Crippen MR) is 57.3 cm³/mol. The van der Waals surface area contributed by atoms with Crippen molar-refractivity contribution < 1.29 is 13.9 Å². The highest BCUT2D eigenvalue weighted by Gasteiger charge is 2.20. The Balaban J connectivity index is 2.82. The van der Waals surface area contributed by atoms with Gasteiger partial charge in [-0.05, 0) is 19.1 Å². The topological polar surface area (TPSA) is 39.4 Å². The number of carbonyl (C=O) groups excluding carboxylic acids is 1. The number of ether oxygens (including phenoxy) is 1. The van der Waals surface area contributed by atoms with Crippen LogP contribution in [0.2, 0.25) is 5.02 Å². The highest BCUT2D eigenvalue weighted by molar-refractivity contribution is 6.36. The van der Waals surface area contributed by atoms with E-state index < -0.39 is 5.97 Å². The van der Waals surface area contributed by atoms with Crippen LogP contribution < -0.4 is 0 Å². The fourth-order valence-corrected chi connectivity index (χ4v) is 1.83. The maximum atomic E-state index is 11.5. The summed E-state index contributed by atoms with van der Waals surface area (Å²) in [5.41, 5.74) is 0.999. The third kappa shape index (κ3) is 1.49. The van der Waals surface area contributed by atoms with Crippen molar-refractivity contribution in [1.29, 1.82) is 0 Å². The quantitative estimate of drug-likeness (QED) is 0.699. The van der Waals surface area contributed by atoms with Gasteiger partial charge in [-0.15, -0.1) is 0 Å². The lowest BCUT2D eigenvalue weighted by Gasteiger charge is -1.98. The van der Waals surface area contributed by atoms with Gasteiger partial charge in [-0.3, -0.25) is 0 Å². The highest BCUT2D eigenvalue weighted by Crippen LogP contribution is 2.31. The van der Waals surface area contributed by atoms with Crippen LogP contribution in [0.15, 0.2) is 22.6 Å². The Kier molecular flexibility index (Phi) is 2.40. The molecule has 0 spiro atoms. The maximum absolute atomic E-state index is 11.5. The molecule has 4 heteroatoms. The van der Waals surface area contributed by atoms with Crippen molar-refractivity contribution in [2.45, 2.75) is 6.92 Å². The van der Waals surface area contributed by atoms with Gasteiger partial charge in [0.2, 0.25) is 0 Å². The lowest BCUT2D eigenvalue weighted by molar-refractivity contribution is 0.0601. The van der Waals surface area contributed by atoms with Crippen LogP contribution in [0.4, 0.5) is 0 Å². The molecule has 0 amide bonds. The number of benzene rings is 1. The van der Waals surface area contributed by atoms with Crippen LogP contribution in [0.5, 0.6) is 0 Å². The Morgan fingerprint density at radius 2 is 2.20 bits per heavy atom. The molecule has 1 heterocycles. The molecular formula is C11H9ClO3. The van der Waals surface area contributed by atoms with E-state index in [0.717, 1.165) is 0 Å². The van der Waals surface area contributed by atoms with Gasteiger partial charge in [0.05, 0.1) is 17.5 Å². The van der Waals surface area contributed by atoms with Crippen molar-refractivity contribution in [3.05, 3.63) is 34.5 Å². The first-order chi connectivity index (χ1) is 7.15. The zero-order valence-electron chi connectivity index (χ0n) is 8.33. The SMILES string of the molecule is COC(=O)c1c(C)oc2cccc(Cl)c12. The van der Waals surface area contributed by atoms with Crippen LogP contribution in [0.1, 0.15) is 16.1 Å². The first kappa shape index (κ1) is 10.1. The Bertz CT molecular complexity index is 528. The number of aryl methyl sites for hydroxylation is 1. The lowest BCUT2D eigenvalue weighted by Crippen LogP contribution is -2.01. The summed E-state index contributed by atoms with van der Waals surface area (Å²) in [6.07, 6.45) is 0. The molecule has 0 atom stereocenters. The number of hydrogen-bond acceptors (Lipinski definition) is 3. The van der Waals surface area contributed by atoms with Gasteiger partial charge >= 0.3 is 5.97 Å². The van der Waals surface area contributed by atoms with E-state index in [1.807, 2.05) is 0 Å². The second kappa shape index (κ2) is 3.59. The summed E-state index contributed by atoms with van der Waals surface area (Å²) >= 11 is 6.01. The average Bonchev–Trinajstić information content (AvgIpc) is 2.55. The maximum Gasteiger partial charge on any atom is 0.342 e. The molecule has 0 aliphatic heterocycles. The van der Waals surface area contributed by atoms with Crippen molar-refractivity contribution in [2.75, 3.05) is 7.11 Å². The van der Waals surface area contributed by atoms with Crippen LogP contribution >= 0.6 is 11.6 Å². The standard InChI is InChI=1S/C11H9ClO3/c1-6-9(11(13)14-2)10-7(12)4-3-5-8(10)15-6/h3-5H,1-2H3. The van der Waals surface area contributed by atoms with E-state index in [2.05, 4.69) is 4.74 Å². The summed E-state index contributed by atoms with van der Waals surface area (Å²) < 4.78 is 10.1. The molecule has 2 aromatic rings. The summed E-state index contributed by atoms with van der Waals surface area (Å²) in [5.74, 6) is 0.0873. The monoisotopic (exact) mass is 224 g/mol. The van der Waals surface area contributed by atoms with E-state index in [9.17, 15) is 4.79 Å². The van der Waals surface area contributed by atoms with E-state index in [1.54, 1.807) is 25.1 Å². The van der Waals surface area contributed by atoms with Gasteiger partial charge in [0.25, 0.3) is 0 Å². The van der Waals surface area contributed by atoms with Crippen LogP contribution in [-0.4, -0.2) is 13.1 Å². The molecular weight excluding hydrogens is 216 g/mol. The Labute approximate surface area is 91.6 Å². The van der Waals surface area contributed by atoms with E-state index in [-0.39, 0.29) is 0 Å². The molecule has 0 N–H and O–H groups in total. The molecule has 1 aromatic carbocycles. The smallest absolute Gasteiger partial charge is 0.342 e. The van der Waals surface area contributed by atoms with Gasteiger partial charge in [-0.2, -0.15) is 0 Å². The zero-order chi connectivity index (χ0) is 11.0. The molecule has 2 rings (SSSR count). The van der Waals surface area contributed by atoms with Crippen LogP contribution in [0.3, 0.4) is 0 Å². The second-order valence-electron chi connectivity index (χ2n) is 3.14. The number of methoxy groups -OCH3 is 1. The third-order valence-corrected chi connectivity index (χ3v) is 2.54. The first-order valence-corrected chi connectivity index (χ1v) is 4.79. The number of esters is 1. The summed E-state index contributed by atoms with van der Waals surface area (Å²) in [4.78, 5) is 11.5. The molecule has 0 unspecified atom stereocenters. The van der Waals surface area contributed by atoms with Gasteiger partial charge in [0.15, 0.2) is 0 Å². The third-order valence-electron chi connectivity index (χ3n) is 2.23. The summed E-state index contributed by atoms with van der Waals surface area (Å²) in [6, 6.07) is 5.25. The molecule has 15 heavy (non-hydrogen) atoms. The van der Waals surface area contributed by atoms with Crippen molar-refractivity contribution in [3.8, 4) is 0 Å². The van der Waals surface area contributed by atoms with Crippen LogP contribution in [0, 0.1) is 6.92 Å². The molecule has 0 saturated carbocycles. The van der Waals surface area contributed by atoms with Gasteiger partial charge in [0.1, 0.15) is 16.9 Å². The first-order valence-electron chi connectivity index (χ1n) is 4.41. The molecule has 0 bridgehead atoms. The van der Waals surface area contributed by atoms with Crippen molar-refractivity contribution in [2.24, 2.45) is 0 Å². The average molecular weight is 225 g/mol.